The van der Waals surface area contributed by atoms with E-state index in [1.165, 1.54) is 5.56 Å². The molecule has 0 aliphatic carbocycles. The first-order chi connectivity index (χ1) is 9.74. The molecule has 2 rings (SSSR count). The van der Waals surface area contributed by atoms with Crippen LogP contribution in [0.4, 0.5) is 5.69 Å². The molecule has 2 aromatic carbocycles. The summed E-state index contributed by atoms with van der Waals surface area (Å²) in [6, 6.07) is 17.0. The lowest BCUT2D eigenvalue weighted by atomic mass is 10.1. The van der Waals surface area contributed by atoms with E-state index in [0.29, 0.717) is 18.3 Å². The molecule has 0 saturated carbocycles. The number of nitrogens with two attached hydrogens (primary N) is 1. The van der Waals surface area contributed by atoms with Gasteiger partial charge >= 0.3 is 0 Å². The van der Waals surface area contributed by atoms with Gasteiger partial charge < -0.3 is 16.2 Å². The molecular weight excluding hydrogens is 377 g/mol. The molecule has 0 atom stereocenters. The maximum atomic E-state index is 9.19. The second-order valence-electron chi connectivity index (χ2n) is 4.53. The van der Waals surface area contributed by atoms with E-state index in [0.717, 1.165) is 18.5 Å². The quantitative estimate of drug-likeness (QED) is 0.314. The molecule has 0 amide bonds. The Kier molecular flexibility index (Phi) is 7.60. The molecule has 0 fully saturated rings. The molecule has 0 heterocycles. The van der Waals surface area contributed by atoms with Crippen molar-refractivity contribution in [1.82, 2.24) is 0 Å². The Morgan fingerprint density at radius 3 is 2.38 bits per heavy atom. The topological polar surface area (TPSA) is 70.6 Å². The van der Waals surface area contributed by atoms with Crippen LogP contribution in [0, 0.1) is 0 Å². The van der Waals surface area contributed by atoms with Gasteiger partial charge in [0.2, 0.25) is 0 Å². The van der Waals surface area contributed by atoms with E-state index in [2.05, 4.69) is 10.3 Å². The summed E-state index contributed by atoms with van der Waals surface area (Å²) in [4.78, 5) is 4.29. The number of benzene rings is 2. The van der Waals surface area contributed by atoms with E-state index in [-0.39, 0.29) is 24.0 Å². The number of anilines is 1. The maximum absolute atomic E-state index is 9.19. The number of aliphatic imine (C=N–C) groups is 1. The van der Waals surface area contributed by atoms with Crippen molar-refractivity contribution < 1.29 is 5.11 Å². The highest BCUT2D eigenvalue weighted by atomic mass is 127. The molecule has 0 saturated heterocycles. The SMILES string of the molecule is I.NC(=NCCCc1ccc(O)cc1)Nc1ccccc1. The average molecular weight is 397 g/mol. The van der Waals surface area contributed by atoms with Crippen molar-refractivity contribution in [1.29, 1.82) is 0 Å². The molecular formula is C16H20IN3O. The highest BCUT2D eigenvalue weighted by molar-refractivity contribution is 14.0. The molecule has 0 aliphatic heterocycles. The number of aromatic hydroxyl groups is 1. The molecule has 2 aromatic rings. The van der Waals surface area contributed by atoms with Crippen molar-refractivity contribution in [2.24, 2.45) is 10.7 Å². The third-order valence-corrected chi connectivity index (χ3v) is 2.89. The maximum Gasteiger partial charge on any atom is 0.193 e. The third-order valence-electron chi connectivity index (χ3n) is 2.89. The first kappa shape index (κ1) is 17.3. The Bertz CT molecular complexity index is 555. The standard InChI is InChI=1S/C16H19N3O.HI/c17-16(19-14-6-2-1-3-7-14)18-12-4-5-13-8-10-15(20)11-9-13;/h1-3,6-11,20H,4-5,12H2,(H3,17,18,19);1H. The second-order valence-corrected chi connectivity index (χ2v) is 4.53. The summed E-state index contributed by atoms with van der Waals surface area (Å²) in [6.45, 7) is 0.673. The van der Waals surface area contributed by atoms with Gasteiger partial charge in [0.1, 0.15) is 5.75 Å². The summed E-state index contributed by atoms with van der Waals surface area (Å²) in [5.41, 5.74) is 7.94. The first-order valence-corrected chi connectivity index (χ1v) is 6.64. The number of hydrogen-bond donors (Lipinski definition) is 3. The number of para-hydroxylation sites is 1. The molecule has 0 spiro atoms. The van der Waals surface area contributed by atoms with Crippen LogP contribution in [0.25, 0.3) is 0 Å². The van der Waals surface area contributed by atoms with Crippen LogP contribution in [0.15, 0.2) is 59.6 Å². The van der Waals surface area contributed by atoms with E-state index in [4.69, 9.17) is 5.73 Å². The van der Waals surface area contributed by atoms with E-state index in [1.807, 2.05) is 42.5 Å². The molecule has 0 radical (unpaired) electrons. The second kappa shape index (κ2) is 9.23. The first-order valence-electron chi connectivity index (χ1n) is 6.64. The molecule has 112 valence electrons. The van der Waals surface area contributed by atoms with Gasteiger partial charge in [-0.1, -0.05) is 30.3 Å². The third kappa shape index (κ3) is 6.48. The number of halogens is 1. The number of aryl methyl sites for hydroxylation is 1. The fraction of sp³-hybridized carbons (Fsp3) is 0.188. The van der Waals surface area contributed by atoms with Crippen molar-refractivity contribution in [2.75, 3.05) is 11.9 Å². The summed E-state index contributed by atoms with van der Waals surface area (Å²) in [5.74, 6) is 0.727. The summed E-state index contributed by atoms with van der Waals surface area (Å²) in [7, 11) is 0. The fourth-order valence-corrected chi connectivity index (χ4v) is 1.85. The largest absolute Gasteiger partial charge is 0.508 e. The Hall–Kier alpha value is -1.76. The number of phenols is 1. The van der Waals surface area contributed by atoms with Gasteiger partial charge in [-0.25, -0.2) is 0 Å². The number of nitrogens with zero attached hydrogens (tertiary/aromatic N) is 1. The average Bonchev–Trinajstić information content (AvgIpc) is 2.46. The molecule has 0 aromatic heterocycles. The van der Waals surface area contributed by atoms with Crippen LogP contribution in [0.1, 0.15) is 12.0 Å². The van der Waals surface area contributed by atoms with Crippen LogP contribution in [-0.2, 0) is 6.42 Å². The van der Waals surface area contributed by atoms with E-state index in [9.17, 15) is 5.11 Å². The van der Waals surface area contributed by atoms with Gasteiger partial charge in [-0.15, -0.1) is 24.0 Å². The minimum absolute atomic E-state index is 0. The minimum atomic E-state index is 0. The zero-order valence-electron chi connectivity index (χ0n) is 11.7. The van der Waals surface area contributed by atoms with Crippen LogP contribution in [0.3, 0.4) is 0 Å². The molecule has 4 nitrogen and oxygen atoms in total. The summed E-state index contributed by atoms with van der Waals surface area (Å²) >= 11 is 0. The molecule has 4 N–H and O–H groups in total. The monoisotopic (exact) mass is 397 g/mol. The number of nitrogens with one attached hydrogen (secondary N) is 1. The van der Waals surface area contributed by atoms with Crippen LogP contribution < -0.4 is 11.1 Å². The van der Waals surface area contributed by atoms with Crippen LogP contribution >= 0.6 is 24.0 Å². The number of guanidine groups is 1. The van der Waals surface area contributed by atoms with Gasteiger partial charge in [0.05, 0.1) is 0 Å². The molecule has 0 unspecified atom stereocenters. The number of rotatable bonds is 5. The smallest absolute Gasteiger partial charge is 0.193 e. The van der Waals surface area contributed by atoms with Gasteiger partial charge in [-0.3, -0.25) is 4.99 Å². The van der Waals surface area contributed by atoms with Crippen molar-refractivity contribution in [3.05, 3.63) is 60.2 Å². The predicted molar refractivity (Wildman–Crippen MR) is 98.4 cm³/mol. The van der Waals surface area contributed by atoms with Crippen molar-refractivity contribution in [2.45, 2.75) is 12.8 Å². The fourth-order valence-electron chi connectivity index (χ4n) is 1.85. The van der Waals surface area contributed by atoms with Gasteiger partial charge in [0.15, 0.2) is 5.96 Å². The van der Waals surface area contributed by atoms with Crippen LogP contribution in [-0.4, -0.2) is 17.6 Å². The van der Waals surface area contributed by atoms with Gasteiger partial charge in [0, 0.05) is 12.2 Å². The van der Waals surface area contributed by atoms with Gasteiger partial charge in [-0.2, -0.15) is 0 Å². The van der Waals surface area contributed by atoms with Crippen molar-refractivity contribution >= 4 is 35.6 Å². The van der Waals surface area contributed by atoms with Gasteiger partial charge in [0.25, 0.3) is 0 Å². The van der Waals surface area contributed by atoms with Crippen molar-refractivity contribution in [3.8, 4) is 5.75 Å². The number of hydrogen-bond acceptors (Lipinski definition) is 2. The zero-order valence-corrected chi connectivity index (χ0v) is 14.0. The Labute approximate surface area is 142 Å². The van der Waals surface area contributed by atoms with Crippen LogP contribution in [0.2, 0.25) is 0 Å². The van der Waals surface area contributed by atoms with E-state index < -0.39 is 0 Å². The van der Waals surface area contributed by atoms with Crippen molar-refractivity contribution in [3.63, 3.8) is 0 Å². The Morgan fingerprint density at radius 1 is 1.05 bits per heavy atom. The molecule has 0 bridgehead atoms. The summed E-state index contributed by atoms with van der Waals surface area (Å²) < 4.78 is 0. The normalized spacial score (nSPS) is 10.8. The zero-order chi connectivity index (χ0) is 14.2. The molecule has 0 aliphatic rings. The van der Waals surface area contributed by atoms with E-state index >= 15 is 0 Å². The Balaban J connectivity index is 0.00000220. The lowest BCUT2D eigenvalue weighted by molar-refractivity contribution is 0.475. The highest BCUT2D eigenvalue weighted by Crippen LogP contribution is 2.11. The van der Waals surface area contributed by atoms with E-state index in [1.54, 1.807) is 12.1 Å². The molecule has 21 heavy (non-hydrogen) atoms. The van der Waals surface area contributed by atoms with Crippen LogP contribution in [0.5, 0.6) is 5.75 Å². The number of phenolic OH excluding ortho intramolecular Hbond substituents is 1. The minimum Gasteiger partial charge on any atom is -0.508 e. The molecule has 5 heteroatoms. The lowest BCUT2D eigenvalue weighted by Gasteiger charge is -2.05. The Morgan fingerprint density at radius 2 is 1.71 bits per heavy atom. The lowest BCUT2D eigenvalue weighted by Crippen LogP contribution is -2.22. The summed E-state index contributed by atoms with van der Waals surface area (Å²) in [6.07, 6.45) is 1.84. The highest BCUT2D eigenvalue weighted by Gasteiger charge is 1.95. The predicted octanol–water partition coefficient (Wildman–Crippen LogP) is 3.37. The van der Waals surface area contributed by atoms with Gasteiger partial charge in [-0.05, 0) is 42.7 Å². The summed E-state index contributed by atoms with van der Waals surface area (Å²) in [5, 5.41) is 12.2.